The van der Waals surface area contributed by atoms with E-state index in [9.17, 15) is 22.4 Å². The second-order valence-corrected chi connectivity index (χ2v) is 8.54. The summed E-state index contributed by atoms with van der Waals surface area (Å²) in [4.78, 5) is 24.5. The van der Waals surface area contributed by atoms with Crippen LogP contribution >= 0.6 is 0 Å². The van der Waals surface area contributed by atoms with Gasteiger partial charge in [-0.1, -0.05) is 31.2 Å². The first-order valence-electron chi connectivity index (χ1n) is 8.64. The van der Waals surface area contributed by atoms with Crippen molar-refractivity contribution in [3.05, 3.63) is 65.0 Å². The highest BCUT2D eigenvalue weighted by atomic mass is 32.2. The van der Waals surface area contributed by atoms with Crippen LogP contribution in [0.4, 0.5) is 4.39 Å². The number of hydrogen-bond acceptors (Lipinski definition) is 5. The Hall–Kier alpha value is -2.58. The zero-order chi connectivity index (χ0) is 21.1. The van der Waals surface area contributed by atoms with E-state index < -0.39 is 39.3 Å². The SMILES string of the molecule is CCc1ccc(C(=O)[C@H](C)OC(=O)c2cc(S(=O)(=O)N(C)C)ccc2F)cc1. The number of esters is 1. The van der Waals surface area contributed by atoms with E-state index in [0.717, 1.165) is 34.5 Å². The van der Waals surface area contributed by atoms with Crippen LogP contribution in [0.5, 0.6) is 0 Å². The zero-order valence-corrected chi connectivity index (χ0v) is 16.9. The molecule has 150 valence electrons. The van der Waals surface area contributed by atoms with Gasteiger partial charge in [0.25, 0.3) is 0 Å². The molecule has 28 heavy (non-hydrogen) atoms. The minimum atomic E-state index is -3.85. The highest BCUT2D eigenvalue weighted by molar-refractivity contribution is 7.89. The maximum absolute atomic E-state index is 14.1. The van der Waals surface area contributed by atoms with E-state index in [1.807, 2.05) is 6.92 Å². The number of hydrogen-bond donors (Lipinski definition) is 0. The van der Waals surface area contributed by atoms with Gasteiger partial charge in [-0.15, -0.1) is 0 Å². The fourth-order valence-electron chi connectivity index (χ4n) is 2.45. The Kier molecular flexibility index (Phi) is 6.69. The van der Waals surface area contributed by atoms with Gasteiger partial charge in [0.05, 0.1) is 10.5 Å². The number of carbonyl (C=O) groups is 2. The standard InChI is InChI=1S/C20H22FNO5S/c1-5-14-6-8-15(9-7-14)19(23)13(2)27-20(24)17-12-16(10-11-18(17)21)28(25,26)22(3)4/h6-13H,5H2,1-4H3/t13-/m0/s1. The minimum absolute atomic E-state index is 0.250. The van der Waals surface area contributed by atoms with Gasteiger partial charge in [0.15, 0.2) is 6.10 Å². The number of nitrogens with zero attached hydrogens (tertiary/aromatic N) is 1. The van der Waals surface area contributed by atoms with Crippen molar-refractivity contribution < 1.29 is 27.1 Å². The lowest BCUT2D eigenvalue weighted by Gasteiger charge is -2.15. The predicted molar refractivity (Wildman–Crippen MR) is 102 cm³/mol. The van der Waals surface area contributed by atoms with Crippen LogP contribution in [0.25, 0.3) is 0 Å². The highest BCUT2D eigenvalue weighted by Gasteiger charge is 2.25. The second kappa shape index (κ2) is 8.62. The average molecular weight is 407 g/mol. The third kappa shape index (κ3) is 4.63. The number of Topliss-reactive ketones (excluding diaryl/α,β-unsaturated/α-hetero) is 1. The fourth-order valence-corrected chi connectivity index (χ4v) is 3.38. The number of rotatable bonds is 7. The molecule has 2 aromatic carbocycles. The van der Waals surface area contributed by atoms with Crippen LogP contribution in [0.1, 0.15) is 40.1 Å². The number of ketones is 1. The Morgan fingerprint density at radius 3 is 2.25 bits per heavy atom. The van der Waals surface area contributed by atoms with E-state index in [0.29, 0.717) is 5.56 Å². The van der Waals surface area contributed by atoms with Gasteiger partial charge < -0.3 is 4.74 Å². The fraction of sp³-hybridized carbons (Fsp3) is 0.300. The quantitative estimate of drug-likeness (QED) is 0.521. The number of aryl methyl sites for hydroxylation is 1. The summed E-state index contributed by atoms with van der Waals surface area (Å²) in [5.74, 6) is -2.48. The number of benzene rings is 2. The normalized spacial score (nSPS) is 12.6. The lowest BCUT2D eigenvalue weighted by atomic mass is 10.0. The molecule has 0 unspecified atom stereocenters. The van der Waals surface area contributed by atoms with Crippen molar-refractivity contribution >= 4 is 21.8 Å². The Balaban J connectivity index is 2.22. The molecule has 0 heterocycles. The van der Waals surface area contributed by atoms with Crippen molar-refractivity contribution in [2.45, 2.75) is 31.3 Å². The molecule has 0 amide bonds. The molecule has 1 atom stereocenters. The van der Waals surface area contributed by atoms with Gasteiger partial charge in [0.2, 0.25) is 15.8 Å². The third-order valence-electron chi connectivity index (χ3n) is 4.24. The summed E-state index contributed by atoms with van der Waals surface area (Å²) in [6.45, 7) is 3.37. The first kappa shape index (κ1) is 21.7. The van der Waals surface area contributed by atoms with Gasteiger partial charge >= 0.3 is 5.97 Å². The van der Waals surface area contributed by atoms with Gasteiger partial charge in [-0.25, -0.2) is 21.9 Å². The van der Waals surface area contributed by atoms with Gasteiger partial charge in [-0.2, -0.15) is 0 Å². The first-order chi connectivity index (χ1) is 13.1. The molecule has 2 aromatic rings. The summed E-state index contributed by atoms with van der Waals surface area (Å²) >= 11 is 0. The molecule has 0 bridgehead atoms. The predicted octanol–water partition coefficient (Wildman–Crippen LogP) is 3.07. The van der Waals surface area contributed by atoms with Crippen molar-refractivity contribution in [2.24, 2.45) is 0 Å². The molecule has 8 heteroatoms. The molecular formula is C20H22FNO5S. The number of carbonyl (C=O) groups excluding carboxylic acids is 2. The van der Waals surface area contributed by atoms with Crippen LogP contribution in [-0.4, -0.2) is 44.7 Å². The summed E-state index contributed by atoms with van der Waals surface area (Å²) in [5, 5.41) is 0. The van der Waals surface area contributed by atoms with Gasteiger partial charge in [-0.3, -0.25) is 4.79 Å². The molecule has 0 saturated carbocycles. The van der Waals surface area contributed by atoms with Gasteiger partial charge in [0, 0.05) is 19.7 Å². The summed E-state index contributed by atoms with van der Waals surface area (Å²) in [6.07, 6.45) is -0.335. The lowest BCUT2D eigenvalue weighted by Crippen LogP contribution is -2.26. The van der Waals surface area contributed by atoms with E-state index in [1.54, 1.807) is 24.3 Å². The molecule has 0 aliphatic rings. The van der Waals surface area contributed by atoms with E-state index in [2.05, 4.69) is 0 Å². The Morgan fingerprint density at radius 1 is 1.11 bits per heavy atom. The molecule has 2 rings (SSSR count). The molecule has 0 aliphatic heterocycles. The van der Waals surface area contributed by atoms with Crippen molar-refractivity contribution in [1.82, 2.24) is 4.31 Å². The molecule has 6 nitrogen and oxygen atoms in total. The van der Waals surface area contributed by atoms with Crippen LogP contribution in [0.2, 0.25) is 0 Å². The maximum atomic E-state index is 14.1. The van der Waals surface area contributed by atoms with E-state index in [4.69, 9.17) is 4.74 Å². The number of halogens is 1. The van der Waals surface area contributed by atoms with Gasteiger partial charge in [-0.05, 0) is 37.1 Å². The summed E-state index contributed by atoms with van der Waals surface area (Å²) in [5.41, 5.74) is 0.869. The lowest BCUT2D eigenvalue weighted by molar-refractivity contribution is 0.0314. The number of ether oxygens (including phenoxy) is 1. The van der Waals surface area contributed by atoms with Crippen LogP contribution < -0.4 is 0 Å². The van der Waals surface area contributed by atoms with Crippen molar-refractivity contribution in [3.63, 3.8) is 0 Å². The van der Waals surface area contributed by atoms with E-state index in [-0.39, 0.29) is 4.90 Å². The molecule has 0 N–H and O–H groups in total. The smallest absolute Gasteiger partial charge is 0.341 e. The van der Waals surface area contributed by atoms with Crippen molar-refractivity contribution in [1.29, 1.82) is 0 Å². The Bertz CT molecular complexity index is 984. The molecule has 0 aromatic heterocycles. The van der Waals surface area contributed by atoms with Crippen LogP contribution in [0, 0.1) is 5.82 Å². The summed E-state index contributed by atoms with van der Waals surface area (Å²) in [6, 6.07) is 9.72. The summed E-state index contributed by atoms with van der Waals surface area (Å²) in [7, 11) is -1.21. The maximum Gasteiger partial charge on any atom is 0.341 e. The molecule has 0 spiro atoms. The summed E-state index contributed by atoms with van der Waals surface area (Å²) < 4.78 is 44.5. The average Bonchev–Trinajstić information content (AvgIpc) is 2.67. The molecular weight excluding hydrogens is 385 g/mol. The Labute approximate surface area is 164 Å². The molecule has 0 aliphatic carbocycles. The number of sulfonamides is 1. The van der Waals surface area contributed by atoms with E-state index >= 15 is 0 Å². The van der Waals surface area contributed by atoms with Crippen molar-refractivity contribution in [3.8, 4) is 0 Å². The molecule has 0 saturated heterocycles. The second-order valence-electron chi connectivity index (χ2n) is 6.39. The monoisotopic (exact) mass is 407 g/mol. The van der Waals surface area contributed by atoms with Crippen molar-refractivity contribution in [2.75, 3.05) is 14.1 Å². The van der Waals surface area contributed by atoms with Crippen LogP contribution in [-0.2, 0) is 21.2 Å². The first-order valence-corrected chi connectivity index (χ1v) is 10.1. The van der Waals surface area contributed by atoms with Gasteiger partial charge in [0.1, 0.15) is 5.82 Å². The van der Waals surface area contributed by atoms with E-state index in [1.165, 1.54) is 21.0 Å². The molecule has 0 radical (unpaired) electrons. The minimum Gasteiger partial charge on any atom is -0.451 e. The zero-order valence-electron chi connectivity index (χ0n) is 16.1. The van der Waals surface area contributed by atoms with Crippen LogP contribution in [0.3, 0.4) is 0 Å². The largest absolute Gasteiger partial charge is 0.451 e. The third-order valence-corrected chi connectivity index (χ3v) is 6.05. The topological polar surface area (TPSA) is 80.8 Å². The highest BCUT2D eigenvalue weighted by Crippen LogP contribution is 2.19. The molecule has 0 fully saturated rings. The van der Waals surface area contributed by atoms with Crippen LogP contribution in [0.15, 0.2) is 47.4 Å². The Morgan fingerprint density at radius 2 is 1.71 bits per heavy atom.